The third-order valence-electron chi connectivity index (χ3n) is 8.67. The monoisotopic (exact) mass is 590 g/mol. The highest BCUT2D eigenvalue weighted by atomic mass is 31.1. The lowest BCUT2D eigenvalue weighted by Gasteiger charge is -2.30. The fourth-order valence-electron chi connectivity index (χ4n) is 6.82. The van der Waals surface area contributed by atoms with E-state index in [2.05, 4.69) is 165 Å². The Bertz CT molecular complexity index is 1720. The molecule has 0 bridgehead atoms. The first-order valence-corrected chi connectivity index (χ1v) is 18.1. The maximum atomic E-state index is 2.44. The van der Waals surface area contributed by atoms with Crippen LogP contribution in [-0.2, 0) is 12.8 Å². The van der Waals surface area contributed by atoms with Crippen molar-refractivity contribution in [2.24, 2.45) is 0 Å². The molecule has 2 heteroatoms. The number of hydrogen-bond acceptors (Lipinski definition) is 0. The van der Waals surface area contributed by atoms with Gasteiger partial charge in [0, 0.05) is 5.92 Å². The molecule has 0 spiro atoms. The highest BCUT2D eigenvalue weighted by Gasteiger charge is 2.34. The van der Waals surface area contributed by atoms with Crippen LogP contribution in [0.1, 0.15) is 41.5 Å². The molecule has 0 fully saturated rings. The molecular formula is C41H36P2. The van der Waals surface area contributed by atoms with Gasteiger partial charge in [0.25, 0.3) is 0 Å². The average molecular weight is 591 g/mol. The summed E-state index contributed by atoms with van der Waals surface area (Å²) in [5.41, 5.74) is 6.18. The van der Waals surface area contributed by atoms with E-state index < -0.39 is 15.8 Å². The summed E-state index contributed by atoms with van der Waals surface area (Å²) in [7, 11) is -1.39. The SMILES string of the molecule is CCc1cccc(P(c2ccccc2)c2ccccc2)c1[C@H]1CCc2cccc(P(c3ccccc3)c3ccccc3)c21. The smallest absolute Gasteiger partial charge is 0.0111 e. The van der Waals surface area contributed by atoms with Crippen LogP contribution >= 0.6 is 15.8 Å². The van der Waals surface area contributed by atoms with E-state index in [1.807, 2.05) is 0 Å². The summed E-state index contributed by atoms with van der Waals surface area (Å²) in [5.74, 6) is 0.382. The lowest BCUT2D eigenvalue weighted by molar-refractivity contribution is 0.783. The van der Waals surface area contributed by atoms with Gasteiger partial charge in [-0.05, 0) is 89.2 Å². The van der Waals surface area contributed by atoms with Crippen LogP contribution in [0, 0.1) is 0 Å². The molecule has 0 heterocycles. The van der Waals surface area contributed by atoms with Crippen LogP contribution in [0.3, 0.4) is 0 Å². The van der Waals surface area contributed by atoms with Gasteiger partial charge in [-0.1, -0.05) is 165 Å². The average Bonchev–Trinajstić information content (AvgIpc) is 3.51. The van der Waals surface area contributed by atoms with E-state index in [0.29, 0.717) is 5.92 Å². The van der Waals surface area contributed by atoms with Crippen molar-refractivity contribution in [1.82, 2.24) is 0 Å². The highest BCUT2D eigenvalue weighted by Crippen LogP contribution is 2.46. The summed E-state index contributed by atoms with van der Waals surface area (Å²) in [4.78, 5) is 0. The first kappa shape index (κ1) is 28.0. The Hall–Kier alpha value is -3.82. The molecule has 6 aromatic rings. The molecule has 0 nitrogen and oxygen atoms in total. The molecule has 1 aliphatic carbocycles. The molecule has 1 atom stereocenters. The van der Waals surface area contributed by atoms with Gasteiger partial charge >= 0.3 is 0 Å². The Labute approximate surface area is 259 Å². The van der Waals surface area contributed by atoms with E-state index in [4.69, 9.17) is 0 Å². The first-order valence-electron chi connectivity index (χ1n) is 15.4. The van der Waals surface area contributed by atoms with E-state index in [1.54, 1.807) is 11.1 Å². The van der Waals surface area contributed by atoms with Crippen LogP contribution in [-0.4, -0.2) is 0 Å². The lowest BCUT2D eigenvalue weighted by atomic mass is 9.88. The molecule has 210 valence electrons. The molecule has 0 radical (unpaired) electrons. The zero-order valence-electron chi connectivity index (χ0n) is 24.6. The van der Waals surface area contributed by atoms with Crippen molar-refractivity contribution in [2.45, 2.75) is 32.1 Å². The minimum atomic E-state index is -0.701. The normalized spacial score (nSPS) is 14.3. The Kier molecular flexibility index (Phi) is 8.34. The maximum Gasteiger partial charge on any atom is 0.0111 e. The number of rotatable bonds is 8. The number of fused-ring (bicyclic) bond motifs is 1. The van der Waals surface area contributed by atoms with Gasteiger partial charge in [0.2, 0.25) is 0 Å². The van der Waals surface area contributed by atoms with Gasteiger partial charge in [-0.2, -0.15) is 0 Å². The lowest BCUT2D eigenvalue weighted by Crippen LogP contribution is -2.28. The molecule has 0 amide bonds. The second-order valence-corrected chi connectivity index (χ2v) is 15.5. The van der Waals surface area contributed by atoms with Crippen LogP contribution < -0.4 is 31.8 Å². The number of hydrogen-bond donors (Lipinski definition) is 0. The van der Waals surface area contributed by atoms with Crippen molar-refractivity contribution in [1.29, 1.82) is 0 Å². The summed E-state index contributed by atoms with van der Waals surface area (Å²) < 4.78 is 0. The zero-order valence-corrected chi connectivity index (χ0v) is 26.4. The minimum Gasteiger partial charge on any atom is -0.0622 e. The summed E-state index contributed by atoms with van der Waals surface area (Å²) in [5, 5.41) is 8.71. The van der Waals surface area contributed by atoms with Crippen molar-refractivity contribution in [3.05, 3.63) is 180 Å². The Morgan fingerprint density at radius 2 is 0.884 bits per heavy atom. The van der Waals surface area contributed by atoms with Crippen LogP contribution in [0.2, 0.25) is 0 Å². The van der Waals surface area contributed by atoms with E-state index >= 15 is 0 Å². The molecule has 43 heavy (non-hydrogen) atoms. The van der Waals surface area contributed by atoms with Crippen molar-refractivity contribution < 1.29 is 0 Å². The summed E-state index contributed by atoms with van der Waals surface area (Å²) in [6.45, 7) is 2.33. The van der Waals surface area contributed by atoms with Gasteiger partial charge in [-0.3, -0.25) is 0 Å². The van der Waals surface area contributed by atoms with E-state index in [1.165, 1.54) is 43.0 Å². The second-order valence-electron chi connectivity index (χ2n) is 11.2. The molecule has 0 saturated heterocycles. The van der Waals surface area contributed by atoms with E-state index in [-0.39, 0.29) is 0 Å². The molecule has 0 aliphatic heterocycles. The Morgan fingerprint density at radius 3 is 1.33 bits per heavy atom. The van der Waals surface area contributed by atoms with Crippen LogP contribution in [0.4, 0.5) is 0 Å². The third kappa shape index (κ3) is 5.52. The van der Waals surface area contributed by atoms with E-state index in [0.717, 1.165) is 19.3 Å². The van der Waals surface area contributed by atoms with Gasteiger partial charge in [0.05, 0.1) is 0 Å². The molecule has 0 saturated carbocycles. The van der Waals surface area contributed by atoms with Crippen molar-refractivity contribution in [3.8, 4) is 0 Å². The van der Waals surface area contributed by atoms with Gasteiger partial charge in [-0.15, -0.1) is 0 Å². The first-order chi connectivity index (χ1) is 21.3. The molecule has 0 unspecified atom stereocenters. The summed E-state index contributed by atoms with van der Waals surface area (Å²) in [6.07, 6.45) is 3.33. The van der Waals surface area contributed by atoms with Crippen LogP contribution in [0.25, 0.3) is 0 Å². The predicted octanol–water partition coefficient (Wildman–Crippen LogP) is 7.84. The molecule has 0 aromatic heterocycles. The van der Waals surface area contributed by atoms with E-state index in [9.17, 15) is 0 Å². The number of benzene rings is 6. The van der Waals surface area contributed by atoms with Crippen molar-refractivity contribution in [2.75, 3.05) is 0 Å². The maximum absolute atomic E-state index is 2.44. The fraction of sp³-hybridized carbons (Fsp3) is 0.122. The molecule has 1 aliphatic rings. The fourth-order valence-corrected chi connectivity index (χ4v) is 12.0. The molecular weight excluding hydrogens is 554 g/mol. The quantitative estimate of drug-likeness (QED) is 0.159. The minimum absolute atomic E-state index is 0.382. The summed E-state index contributed by atoms with van der Waals surface area (Å²) >= 11 is 0. The van der Waals surface area contributed by atoms with Gasteiger partial charge in [0.1, 0.15) is 0 Å². The highest BCUT2D eigenvalue weighted by molar-refractivity contribution is 7.80. The Balaban J connectivity index is 1.46. The van der Waals surface area contributed by atoms with Gasteiger partial charge in [-0.25, -0.2) is 0 Å². The van der Waals surface area contributed by atoms with Gasteiger partial charge in [0.15, 0.2) is 0 Å². The van der Waals surface area contributed by atoms with Crippen LogP contribution in [0.15, 0.2) is 158 Å². The molecule has 7 rings (SSSR count). The predicted molar refractivity (Wildman–Crippen MR) is 190 cm³/mol. The van der Waals surface area contributed by atoms with Gasteiger partial charge < -0.3 is 0 Å². The molecule has 6 aromatic carbocycles. The topological polar surface area (TPSA) is 0 Å². The summed E-state index contributed by atoms with van der Waals surface area (Å²) in [6, 6.07) is 59.1. The second kappa shape index (κ2) is 12.8. The van der Waals surface area contributed by atoms with Crippen LogP contribution in [0.5, 0.6) is 0 Å². The number of aryl methyl sites for hydroxylation is 2. The third-order valence-corrected chi connectivity index (χ3v) is 13.7. The Morgan fingerprint density at radius 1 is 0.465 bits per heavy atom. The van der Waals surface area contributed by atoms with Crippen molar-refractivity contribution in [3.63, 3.8) is 0 Å². The van der Waals surface area contributed by atoms with Crippen molar-refractivity contribution >= 4 is 47.7 Å². The zero-order chi connectivity index (χ0) is 29.0. The standard InChI is InChI=1S/C41H36P2/c1-2-31-17-15-27-38(42(33-19-7-3-8-20-33)34-21-9-4-10-22-34)40(31)37-30-29-32-18-16-28-39(41(32)37)43(35-23-11-5-12-24-35)36-25-13-6-14-26-36/h3-28,37H,2,29-30H2,1H3/t37-/m1/s1. The molecule has 0 N–H and O–H groups in total. The largest absolute Gasteiger partial charge is 0.0622 e.